The Morgan fingerprint density at radius 3 is 2.72 bits per heavy atom. The molecule has 0 aliphatic heterocycles. The van der Waals surface area contributed by atoms with Crippen molar-refractivity contribution in [1.29, 1.82) is 0 Å². The molecule has 0 saturated carbocycles. The Kier molecular flexibility index (Phi) is 7.12. The predicted octanol–water partition coefficient (Wildman–Crippen LogP) is 3.96. The Hall–Kier alpha value is -2.22. The third-order valence-corrected chi connectivity index (χ3v) is 4.34. The van der Waals surface area contributed by atoms with E-state index in [0.717, 1.165) is 0 Å². The van der Waals surface area contributed by atoms with Crippen molar-refractivity contribution >= 4 is 17.3 Å². The maximum atomic E-state index is 13.9. The van der Waals surface area contributed by atoms with Gasteiger partial charge in [0, 0.05) is 25.7 Å². The zero-order valence-electron chi connectivity index (χ0n) is 13.9. The maximum absolute atomic E-state index is 13.9. The van der Waals surface area contributed by atoms with Gasteiger partial charge in [-0.05, 0) is 40.4 Å². The SMILES string of the molecule is CN=C(NCc1c(F)cccc1OC(F)F)NCC(C)c1ccsc1. The van der Waals surface area contributed by atoms with Gasteiger partial charge in [0.2, 0.25) is 0 Å². The summed E-state index contributed by atoms with van der Waals surface area (Å²) in [6.45, 7) is -0.326. The van der Waals surface area contributed by atoms with Crippen LogP contribution in [0.1, 0.15) is 24.0 Å². The van der Waals surface area contributed by atoms with Crippen LogP contribution in [-0.4, -0.2) is 26.2 Å². The molecule has 0 radical (unpaired) electrons. The summed E-state index contributed by atoms with van der Waals surface area (Å²) in [5, 5.41) is 10.2. The van der Waals surface area contributed by atoms with Crippen LogP contribution < -0.4 is 15.4 Å². The summed E-state index contributed by atoms with van der Waals surface area (Å²) in [5.74, 6) is -0.0818. The van der Waals surface area contributed by atoms with Crippen molar-refractivity contribution < 1.29 is 17.9 Å². The standard InChI is InChI=1S/C17H20F3N3OS/c1-11(12-6-7-25-10-12)8-22-17(21-2)23-9-13-14(18)4-3-5-15(13)24-16(19)20/h3-7,10-11,16H,8-9H2,1-2H3,(H2,21,22,23). The van der Waals surface area contributed by atoms with Gasteiger partial charge < -0.3 is 15.4 Å². The van der Waals surface area contributed by atoms with Gasteiger partial charge in [-0.2, -0.15) is 20.1 Å². The number of nitrogens with one attached hydrogen (secondary N) is 2. The zero-order chi connectivity index (χ0) is 18.2. The third-order valence-electron chi connectivity index (χ3n) is 3.64. The molecule has 0 bridgehead atoms. The molecule has 4 nitrogen and oxygen atoms in total. The minimum atomic E-state index is -3.01. The van der Waals surface area contributed by atoms with Crippen molar-refractivity contribution in [1.82, 2.24) is 10.6 Å². The summed E-state index contributed by atoms with van der Waals surface area (Å²) in [6, 6.07) is 5.89. The highest BCUT2D eigenvalue weighted by Gasteiger charge is 2.14. The van der Waals surface area contributed by atoms with Crippen LogP contribution in [0.15, 0.2) is 40.0 Å². The number of guanidine groups is 1. The van der Waals surface area contributed by atoms with E-state index in [1.165, 1.54) is 23.8 Å². The second-order valence-corrected chi connectivity index (χ2v) is 6.14. The Bertz CT molecular complexity index is 692. The fourth-order valence-electron chi connectivity index (χ4n) is 2.23. The number of ether oxygens (including phenoxy) is 1. The van der Waals surface area contributed by atoms with Crippen LogP contribution in [0, 0.1) is 5.82 Å². The number of aliphatic imine (C=N–C) groups is 1. The van der Waals surface area contributed by atoms with Crippen molar-refractivity contribution in [2.45, 2.75) is 26.0 Å². The summed E-state index contributed by atoms with van der Waals surface area (Å²) in [7, 11) is 1.59. The first-order valence-corrected chi connectivity index (χ1v) is 8.64. The van der Waals surface area contributed by atoms with E-state index >= 15 is 0 Å². The molecule has 0 spiro atoms. The van der Waals surface area contributed by atoms with Crippen molar-refractivity contribution in [2.24, 2.45) is 4.99 Å². The van der Waals surface area contributed by atoms with Crippen LogP contribution in [0.25, 0.3) is 0 Å². The van der Waals surface area contributed by atoms with Gasteiger partial charge in [-0.25, -0.2) is 4.39 Å². The second kappa shape index (κ2) is 9.31. The Balaban J connectivity index is 1.95. The number of nitrogens with zero attached hydrogens (tertiary/aromatic N) is 1. The van der Waals surface area contributed by atoms with E-state index in [1.54, 1.807) is 18.4 Å². The zero-order valence-corrected chi connectivity index (χ0v) is 14.7. The lowest BCUT2D eigenvalue weighted by Crippen LogP contribution is -2.38. The second-order valence-electron chi connectivity index (χ2n) is 5.36. The van der Waals surface area contributed by atoms with Crippen LogP contribution in [-0.2, 0) is 6.54 Å². The molecule has 1 aromatic heterocycles. The summed E-state index contributed by atoms with van der Waals surface area (Å²) in [4.78, 5) is 4.06. The van der Waals surface area contributed by atoms with Crippen molar-refractivity contribution in [3.63, 3.8) is 0 Å². The molecule has 0 aliphatic carbocycles. The highest BCUT2D eigenvalue weighted by atomic mass is 32.1. The minimum absolute atomic E-state index is 0.0247. The first-order chi connectivity index (χ1) is 12.0. The van der Waals surface area contributed by atoms with E-state index < -0.39 is 12.4 Å². The topological polar surface area (TPSA) is 45.7 Å². The number of hydrogen-bond acceptors (Lipinski definition) is 3. The van der Waals surface area contributed by atoms with Crippen LogP contribution in [0.3, 0.4) is 0 Å². The average molecular weight is 371 g/mol. The molecule has 0 amide bonds. The highest BCUT2D eigenvalue weighted by Crippen LogP contribution is 2.23. The smallest absolute Gasteiger partial charge is 0.387 e. The Labute approximate surface area is 148 Å². The molecule has 1 atom stereocenters. The first-order valence-electron chi connectivity index (χ1n) is 7.70. The van der Waals surface area contributed by atoms with E-state index in [2.05, 4.69) is 38.7 Å². The molecule has 1 unspecified atom stereocenters. The molecule has 0 fully saturated rings. The van der Waals surface area contributed by atoms with Gasteiger partial charge in [-0.3, -0.25) is 4.99 Å². The number of alkyl halides is 2. The summed E-state index contributed by atoms with van der Waals surface area (Å²) in [6.07, 6.45) is 0. The Morgan fingerprint density at radius 1 is 1.28 bits per heavy atom. The number of rotatable bonds is 7. The lowest BCUT2D eigenvalue weighted by atomic mass is 10.1. The van der Waals surface area contributed by atoms with Crippen molar-refractivity contribution in [3.8, 4) is 5.75 Å². The third kappa shape index (κ3) is 5.67. The monoisotopic (exact) mass is 371 g/mol. The fraction of sp³-hybridized carbons (Fsp3) is 0.353. The summed E-state index contributed by atoms with van der Waals surface area (Å²) < 4.78 is 43.2. The molecular weight excluding hydrogens is 351 g/mol. The quantitative estimate of drug-likeness (QED) is 0.572. The number of benzene rings is 1. The van der Waals surface area contributed by atoms with Gasteiger partial charge in [-0.1, -0.05) is 13.0 Å². The Morgan fingerprint density at radius 2 is 2.08 bits per heavy atom. The molecule has 1 aromatic carbocycles. The fourth-order valence-corrected chi connectivity index (χ4v) is 3.01. The molecule has 1 heterocycles. The molecule has 2 aromatic rings. The van der Waals surface area contributed by atoms with Crippen LogP contribution in [0.2, 0.25) is 0 Å². The van der Waals surface area contributed by atoms with E-state index in [4.69, 9.17) is 0 Å². The molecule has 0 saturated heterocycles. The van der Waals surface area contributed by atoms with Crippen LogP contribution >= 0.6 is 11.3 Å². The van der Waals surface area contributed by atoms with E-state index in [-0.39, 0.29) is 23.8 Å². The molecule has 0 aliphatic rings. The van der Waals surface area contributed by atoms with Crippen LogP contribution in [0.5, 0.6) is 5.75 Å². The van der Waals surface area contributed by atoms with Crippen molar-refractivity contribution in [3.05, 3.63) is 52.0 Å². The summed E-state index contributed by atoms with van der Waals surface area (Å²) in [5.41, 5.74) is 1.24. The van der Waals surface area contributed by atoms with Crippen molar-refractivity contribution in [2.75, 3.05) is 13.6 Å². The molecule has 2 N–H and O–H groups in total. The number of halogens is 3. The predicted molar refractivity (Wildman–Crippen MR) is 94.0 cm³/mol. The van der Waals surface area contributed by atoms with E-state index in [1.807, 2.05) is 5.38 Å². The largest absolute Gasteiger partial charge is 0.434 e. The normalized spacial score (nSPS) is 13.0. The molecule has 2 rings (SSSR count). The molecule has 136 valence electrons. The van der Waals surface area contributed by atoms with E-state index in [0.29, 0.717) is 12.5 Å². The lowest BCUT2D eigenvalue weighted by Gasteiger charge is -2.17. The first kappa shape index (κ1) is 19.1. The van der Waals surface area contributed by atoms with Gasteiger partial charge in [0.1, 0.15) is 11.6 Å². The molecule has 25 heavy (non-hydrogen) atoms. The number of hydrogen-bond donors (Lipinski definition) is 2. The van der Waals surface area contributed by atoms with Gasteiger partial charge >= 0.3 is 6.61 Å². The minimum Gasteiger partial charge on any atom is -0.434 e. The van der Waals surface area contributed by atoms with Crippen LogP contribution in [0.4, 0.5) is 13.2 Å². The number of thiophene rings is 1. The van der Waals surface area contributed by atoms with E-state index in [9.17, 15) is 13.2 Å². The molecule has 8 heteroatoms. The average Bonchev–Trinajstić information content (AvgIpc) is 3.10. The van der Waals surface area contributed by atoms with Gasteiger partial charge in [0.25, 0.3) is 0 Å². The van der Waals surface area contributed by atoms with Gasteiger partial charge in [0.15, 0.2) is 5.96 Å². The highest BCUT2D eigenvalue weighted by molar-refractivity contribution is 7.07. The summed E-state index contributed by atoms with van der Waals surface area (Å²) >= 11 is 1.63. The maximum Gasteiger partial charge on any atom is 0.387 e. The van der Waals surface area contributed by atoms with Gasteiger partial charge in [-0.15, -0.1) is 0 Å². The van der Waals surface area contributed by atoms with Gasteiger partial charge in [0.05, 0.1) is 0 Å². The molecular formula is C17H20F3N3OS. The lowest BCUT2D eigenvalue weighted by molar-refractivity contribution is -0.0506.